The molecule has 2 rings (SSSR count). The highest BCUT2D eigenvalue weighted by Crippen LogP contribution is 2.27. The number of carboxylic acids is 1. The Morgan fingerprint density at radius 1 is 1.47 bits per heavy atom. The van der Waals surface area contributed by atoms with Crippen LogP contribution in [0.15, 0.2) is 34.9 Å². The molecule has 0 atom stereocenters. The summed E-state index contributed by atoms with van der Waals surface area (Å²) in [7, 11) is 1.53. The van der Waals surface area contributed by atoms with Crippen LogP contribution in [0.5, 0.6) is 5.75 Å². The van der Waals surface area contributed by atoms with Gasteiger partial charge in [-0.3, -0.25) is 0 Å². The number of carboxylic acid groups (broad SMARTS) is 1. The molecule has 1 aromatic heterocycles. The highest BCUT2D eigenvalue weighted by molar-refractivity contribution is 6.32. The largest absolute Gasteiger partial charge is 0.495 e. The van der Waals surface area contributed by atoms with E-state index in [4.69, 9.17) is 25.9 Å². The van der Waals surface area contributed by atoms with E-state index in [2.05, 4.69) is 5.32 Å². The second-order valence-electron chi connectivity index (χ2n) is 3.77. The number of halogens is 1. The second kappa shape index (κ2) is 5.67. The number of aromatic carboxylic acids is 1. The summed E-state index contributed by atoms with van der Waals surface area (Å²) >= 11 is 5.91. The van der Waals surface area contributed by atoms with E-state index >= 15 is 0 Å². The van der Waals surface area contributed by atoms with Gasteiger partial charge >= 0.3 is 5.97 Å². The number of hydrogen-bond donors (Lipinski definition) is 2. The molecule has 1 aromatic carbocycles. The third-order valence-corrected chi connectivity index (χ3v) is 2.89. The lowest BCUT2D eigenvalue weighted by Gasteiger charge is -2.08. The van der Waals surface area contributed by atoms with Crippen LogP contribution in [0.1, 0.15) is 16.1 Å². The first-order chi connectivity index (χ1) is 9.11. The van der Waals surface area contributed by atoms with Crippen LogP contribution in [0.2, 0.25) is 5.02 Å². The number of ether oxygens (including phenoxy) is 1. The summed E-state index contributed by atoms with van der Waals surface area (Å²) in [4.78, 5) is 10.9. The Morgan fingerprint density at radius 2 is 2.26 bits per heavy atom. The van der Waals surface area contributed by atoms with Gasteiger partial charge in [-0.1, -0.05) is 11.6 Å². The van der Waals surface area contributed by atoms with Gasteiger partial charge in [-0.2, -0.15) is 0 Å². The highest BCUT2D eigenvalue weighted by atomic mass is 35.5. The lowest BCUT2D eigenvalue weighted by atomic mass is 10.2. The summed E-state index contributed by atoms with van der Waals surface area (Å²) in [5, 5.41) is 12.5. The van der Waals surface area contributed by atoms with Crippen molar-refractivity contribution in [3.63, 3.8) is 0 Å². The van der Waals surface area contributed by atoms with Gasteiger partial charge in [0.15, 0.2) is 0 Å². The molecule has 0 aliphatic heterocycles. The van der Waals surface area contributed by atoms with Gasteiger partial charge in [-0.25, -0.2) is 4.79 Å². The molecule has 19 heavy (non-hydrogen) atoms. The topological polar surface area (TPSA) is 71.7 Å². The number of furan rings is 1. The Labute approximate surface area is 114 Å². The van der Waals surface area contributed by atoms with Gasteiger partial charge in [0.1, 0.15) is 17.1 Å². The minimum absolute atomic E-state index is 0.147. The maximum absolute atomic E-state index is 10.9. The van der Waals surface area contributed by atoms with Gasteiger partial charge in [0.2, 0.25) is 0 Å². The standard InChI is InChI=1S/C13H12ClNO4/c1-18-11-6-8(2-3-10(11)14)15-7-12-9(13(16)17)4-5-19-12/h2-6,15H,7H2,1H3,(H,16,17). The van der Waals surface area contributed by atoms with Crippen molar-refractivity contribution in [1.82, 2.24) is 0 Å². The van der Waals surface area contributed by atoms with E-state index in [-0.39, 0.29) is 12.1 Å². The Hall–Kier alpha value is -2.14. The average Bonchev–Trinajstić information content (AvgIpc) is 2.86. The number of anilines is 1. The van der Waals surface area contributed by atoms with E-state index in [0.717, 1.165) is 5.69 Å². The Morgan fingerprint density at radius 3 is 2.95 bits per heavy atom. The fourth-order valence-electron chi connectivity index (χ4n) is 1.62. The number of hydrogen-bond acceptors (Lipinski definition) is 4. The fourth-order valence-corrected chi connectivity index (χ4v) is 1.81. The van der Waals surface area contributed by atoms with Crippen LogP contribution in [-0.4, -0.2) is 18.2 Å². The number of rotatable bonds is 5. The van der Waals surface area contributed by atoms with Crippen molar-refractivity contribution >= 4 is 23.3 Å². The minimum Gasteiger partial charge on any atom is -0.495 e. The number of methoxy groups -OCH3 is 1. The molecule has 2 aromatic rings. The van der Waals surface area contributed by atoms with Crippen LogP contribution >= 0.6 is 11.6 Å². The van der Waals surface area contributed by atoms with Gasteiger partial charge in [0.05, 0.1) is 24.9 Å². The molecular weight excluding hydrogens is 270 g/mol. The SMILES string of the molecule is COc1cc(NCc2occc2C(=O)O)ccc1Cl. The molecule has 0 aliphatic carbocycles. The smallest absolute Gasteiger partial charge is 0.339 e. The van der Waals surface area contributed by atoms with Gasteiger partial charge < -0.3 is 19.6 Å². The van der Waals surface area contributed by atoms with Crippen molar-refractivity contribution in [1.29, 1.82) is 0 Å². The molecule has 0 bridgehead atoms. The van der Waals surface area contributed by atoms with Crippen LogP contribution in [-0.2, 0) is 6.54 Å². The molecule has 0 unspecified atom stereocenters. The highest BCUT2D eigenvalue weighted by Gasteiger charge is 2.13. The molecule has 0 amide bonds. The van der Waals surface area contributed by atoms with E-state index in [9.17, 15) is 4.79 Å². The van der Waals surface area contributed by atoms with Crippen molar-refractivity contribution in [2.24, 2.45) is 0 Å². The maximum Gasteiger partial charge on any atom is 0.339 e. The third-order valence-electron chi connectivity index (χ3n) is 2.58. The lowest BCUT2D eigenvalue weighted by Crippen LogP contribution is -2.04. The predicted molar refractivity (Wildman–Crippen MR) is 71.0 cm³/mol. The first-order valence-electron chi connectivity index (χ1n) is 5.49. The molecule has 6 heteroatoms. The van der Waals surface area contributed by atoms with Crippen molar-refractivity contribution in [2.45, 2.75) is 6.54 Å². The summed E-state index contributed by atoms with van der Waals surface area (Å²) in [5.74, 6) is -0.106. The van der Waals surface area contributed by atoms with Gasteiger partial charge in [0, 0.05) is 11.8 Å². The molecule has 0 aliphatic rings. The molecule has 0 radical (unpaired) electrons. The summed E-state index contributed by atoms with van der Waals surface area (Å²) in [6, 6.07) is 6.62. The normalized spacial score (nSPS) is 10.2. The molecule has 0 saturated carbocycles. The first kappa shape index (κ1) is 13.3. The summed E-state index contributed by atoms with van der Waals surface area (Å²) < 4.78 is 10.2. The van der Waals surface area contributed by atoms with E-state index in [1.165, 1.54) is 19.4 Å². The van der Waals surface area contributed by atoms with Crippen LogP contribution in [0, 0.1) is 0 Å². The molecule has 5 nitrogen and oxygen atoms in total. The fraction of sp³-hybridized carbons (Fsp3) is 0.154. The minimum atomic E-state index is -1.01. The average molecular weight is 282 g/mol. The van der Waals surface area contributed by atoms with Crippen LogP contribution in [0.3, 0.4) is 0 Å². The lowest BCUT2D eigenvalue weighted by molar-refractivity contribution is 0.0694. The molecule has 2 N–H and O–H groups in total. The van der Waals surface area contributed by atoms with Crippen molar-refractivity contribution < 1.29 is 19.1 Å². The van der Waals surface area contributed by atoms with Gasteiger partial charge in [-0.05, 0) is 18.2 Å². The quantitative estimate of drug-likeness (QED) is 0.880. The van der Waals surface area contributed by atoms with E-state index in [0.29, 0.717) is 16.5 Å². The number of nitrogens with one attached hydrogen (secondary N) is 1. The van der Waals surface area contributed by atoms with Gasteiger partial charge in [0.25, 0.3) is 0 Å². The van der Waals surface area contributed by atoms with Crippen molar-refractivity contribution in [3.05, 3.63) is 46.9 Å². The zero-order valence-corrected chi connectivity index (χ0v) is 10.9. The molecule has 1 heterocycles. The molecule has 100 valence electrons. The van der Waals surface area contributed by atoms with Crippen LogP contribution < -0.4 is 10.1 Å². The molecule has 0 fully saturated rings. The summed E-state index contributed by atoms with van der Waals surface area (Å²) in [6.45, 7) is 0.263. The Bertz CT molecular complexity index is 594. The van der Waals surface area contributed by atoms with E-state index < -0.39 is 5.97 Å². The second-order valence-corrected chi connectivity index (χ2v) is 4.17. The zero-order chi connectivity index (χ0) is 13.8. The molecular formula is C13H12ClNO4. The Balaban J connectivity index is 2.10. The summed E-state index contributed by atoms with van der Waals surface area (Å²) in [5.41, 5.74) is 0.905. The van der Waals surface area contributed by atoms with E-state index in [1.54, 1.807) is 18.2 Å². The summed E-state index contributed by atoms with van der Waals surface area (Å²) in [6.07, 6.45) is 1.35. The molecule has 0 spiro atoms. The van der Waals surface area contributed by atoms with Crippen LogP contribution in [0.4, 0.5) is 5.69 Å². The van der Waals surface area contributed by atoms with Crippen molar-refractivity contribution in [3.8, 4) is 5.75 Å². The van der Waals surface area contributed by atoms with Crippen LogP contribution in [0.25, 0.3) is 0 Å². The van der Waals surface area contributed by atoms with E-state index in [1.807, 2.05) is 0 Å². The van der Waals surface area contributed by atoms with Gasteiger partial charge in [-0.15, -0.1) is 0 Å². The predicted octanol–water partition coefficient (Wildman–Crippen LogP) is 3.25. The Kier molecular flexibility index (Phi) is 3.97. The third kappa shape index (κ3) is 3.00. The maximum atomic E-state index is 10.9. The number of carbonyl (C=O) groups is 1. The van der Waals surface area contributed by atoms with Crippen molar-refractivity contribution in [2.75, 3.05) is 12.4 Å². The molecule has 0 saturated heterocycles. The number of benzene rings is 1. The zero-order valence-electron chi connectivity index (χ0n) is 10.1. The monoisotopic (exact) mass is 281 g/mol. The first-order valence-corrected chi connectivity index (χ1v) is 5.86.